The van der Waals surface area contributed by atoms with Gasteiger partial charge in [0.25, 0.3) is 0 Å². The molecule has 0 radical (unpaired) electrons. The number of nitrogens with one attached hydrogen (secondary N) is 1. The minimum atomic E-state index is -0.0996. The van der Waals surface area contributed by atoms with Crippen LogP contribution in [0.2, 0.25) is 0 Å². The maximum atomic E-state index is 12.8. The summed E-state index contributed by atoms with van der Waals surface area (Å²) in [4.78, 5) is 30.8. The highest BCUT2D eigenvalue weighted by Gasteiger charge is 2.30. The van der Waals surface area contributed by atoms with E-state index in [1.807, 2.05) is 22.8 Å². The standard InChI is InChI=1S/C21H30N4O4/c1-23-18-8-7-17(28-2)13-19(18)25(21(23)27)14-15-3-5-16(6-4-15)20(26)29-24-11-9-22-10-12-24/h7-8,13,15-16,22H,3-6,9-12,14H2,1-2H3/t15-,16-. The lowest BCUT2D eigenvalue weighted by molar-refractivity contribution is -0.199. The van der Waals surface area contributed by atoms with E-state index >= 15 is 0 Å². The molecule has 0 bridgehead atoms. The summed E-state index contributed by atoms with van der Waals surface area (Å²) in [6.45, 7) is 3.86. The van der Waals surface area contributed by atoms with Crippen LogP contribution in [-0.2, 0) is 23.2 Å². The molecule has 1 aromatic heterocycles. The molecule has 0 atom stereocenters. The van der Waals surface area contributed by atoms with Gasteiger partial charge in [0.15, 0.2) is 0 Å². The van der Waals surface area contributed by atoms with Crippen LogP contribution in [0.1, 0.15) is 25.7 Å². The van der Waals surface area contributed by atoms with Gasteiger partial charge < -0.3 is 14.9 Å². The van der Waals surface area contributed by atoms with Crippen molar-refractivity contribution in [2.45, 2.75) is 32.2 Å². The lowest BCUT2D eigenvalue weighted by Crippen LogP contribution is -2.45. The minimum Gasteiger partial charge on any atom is -0.497 e. The number of rotatable bonds is 5. The first-order chi connectivity index (χ1) is 14.1. The van der Waals surface area contributed by atoms with E-state index in [0.29, 0.717) is 12.5 Å². The molecule has 1 aliphatic heterocycles. The molecule has 8 heteroatoms. The summed E-state index contributed by atoms with van der Waals surface area (Å²) in [6.07, 6.45) is 3.49. The largest absolute Gasteiger partial charge is 0.497 e. The van der Waals surface area contributed by atoms with E-state index in [4.69, 9.17) is 9.57 Å². The van der Waals surface area contributed by atoms with Crippen LogP contribution < -0.4 is 15.7 Å². The van der Waals surface area contributed by atoms with Gasteiger partial charge in [-0.05, 0) is 43.7 Å². The summed E-state index contributed by atoms with van der Waals surface area (Å²) in [5, 5.41) is 5.02. The van der Waals surface area contributed by atoms with Crippen LogP contribution in [0, 0.1) is 11.8 Å². The first-order valence-electron chi connectivity index (χ1n) is 10.5. The number of ether oxygens (including phenoxy) is 1. The lowest BCUT2D eigenvalue weighted by Gasteiger charge is -2.30. The number of nitrogens with zero attached hydrogens (tertiary/aromatic N) is 3. The van der Waals surface area contributed by atoms with E-state index in [1.165, 1.54) is 0 Å². The Balaban J connectivity index is 1.39. The number of carbonyl (C=O) groups excluding carboxylic acids is 1. The van der Waals surface area contributed by atoms with E-state index in [-0.39, 0.29) is 17.6 Å². The van der Waals surface area contributed by atoms with Crippen LogP contribution in [-0.4, -0.2) is 53.5 Å². The Bertz CT molecular complexity index is 921. The van der Waals surface area contributed by atoms with Crippen molar-refractivity contribution < 1.29 is 14.4 Å². The molecular weight excluding hydrogens is 372 g/mol. The summed E-state index contributed by atoms with van der Waals surface area (Å²) in [6, 6.07) is 5.73. The number of carbonyl (C=O) groups is 1. The second-order valence-corrected chi connectivity index (χ2v) is 8.11. The molecule has 0 unspecified atom stereocenters. The van der Waals surface area contributed by atoms with E-state index in [0.717, 1.165) is 68.6 Å². The molecule has 0 amide bonds. The van der Waals surface area contributed by atoms with E-state index in [9.17, 15) is 9.59 Å². The number of hydroxylamine groups is 2. The molecule has 1 saturated carbocycles. The molecule has 4 rings (SSSR count). The highest BCUT2D eigenvalue weighted by molar-refractivity contribution is 5.77. The van der Waals surface area contributed by atoms with Crippen molar-refractivity contribution in [1.82, 2.24) is 19.5 Å². The number of piperazine rings is 1. The van der Waals surface area contributed by atoms with Crippen molar-refractivity contribution in [3.63, 3.8) is 0 Å². The SMILES string of the molecule is COc1ccc2c(c1)n(C[C@H]1CC[C@H](C(=O)ON3CCNCC3)CC1)c(=O)n2C. The zero-order valence-electron chi connectivity index (χ0n) is 17.2. The van der Waals surface area contributed by atoms with Gasteiger partial charge in [-0.15, -0.1) is 5.06 Å². The number of aromatic nitrogens is 2. The first-order valence-corrected chi connectivity index (χ1v) is 10.5. The van der Waals surface area contributed by atoms with Crippen molar-refractivity contribution in [1.29, 1.82) is 0 Å². The van der Waals surface area contributed by atoms with Crippen molar-refractivity contribution in [3.05, 3.63) is 28.7 Å². The van der Waals surface area contributed by atoms with Crippen LogP contribution in [0.5, 0.6) is 5.75 Å². The van der Waals surface area contributed by atoms with Gasteiger partial charge in [-0.1, -0.05) is 0 Å². The Morgan fingerprint density at radius 1 is 1.14 bits per heavy atom. The summed E-state index contributed by atoms with van der Waals surface area (Å²) in [5.74, 6) is 0.992. The molecule has 8 nitrogen and oxygen atoms in total. The Morgan fingerprint density at radius 3 is 2.55 bits per heavy atom. The van der Waals surface area contributed by atoms with Gasteiger partial charge in [0, 0.05) is 45.8 Å². The second kappa shape index (κ2) is 8.59. The van der Waals surface area contributed by atoms with Crippen molar-refractivity contribution in [2.75, 3.05) is 33.3 Å². The van der Waals surface area contributed by atoms with Crippen LogP contribution in [0.25, 0.3) is 11.0 Å². The predicted molar refractivity (Wildman–Crippen MR) is 110 cm³/mol. The summed E-state index contributed by atoms with van der Waals surface area (Å²) < 4.78 is 8.87. The summed E-state index contributed by atoms with van der Waals surface area (Å²) in [7, 11) is 3.43. The van der Waals surface area contributed by atoms with Crippen molar-refractivity contribution >= 4 is 17.0 Å². The van der Waals surface area contributed by atoms with Crippen molar-refractivity contribution in [3.8, 4) is 5.75 Å². The van der Waals surface area contributed by atoms with Crippen LogP contribution >= 0.6 is 0 Å². The van der Waals surface area contributed by atoms with Gasteiger partial charge in [-0.3, -0.25) is 13.9 Å². The third-order valence-electron chi connectivity index (χ3n) is 6.27. The fourth-order valence-corrected chi connectivity index (χ4v) is 4.47. The number of imidazole rings is 1. The maximum absolute atomic E-state index is 12.8. The quantitative estimate of drug-likeness (QED) is 0.817. The minimum absolute atomic E-state index is 0.00602. The van der Waals surface area contributed by atoms with Crippen molar-refractivity contribution in [2.24, 2.45) is 18.9 Å². The average molecular weight is 402 g/mol. The monoisotopic (exact) mass is 402 g/mol. The van der Waals surface area contributed by atoms with Crippen LogP contribution in [0.15, 0.2) is 23.0 Å². The van der Waals surface area contributed by atoms with E-state index in [1.54, 1.807) is 23.8 Å². The number of hydrogen-bond acceptors (Lipinski definition) is 6. The predicted octanol–water partition coefficient (Wildman–Crippen LogP) is 1.52. The van der Waals surface area contributed by atoms with Gasteiger partial charge in [-0.2, -0.15) is 0 Å². The van der Waals surface area contributed by atoms with E-state index in [2.05, 4.69) is 5.32 Å². The number of benzene rings is 1. The molecule has 2 heterocycles. The number of aryl methyl sites for hydroxylation is 1. The Hall–Kier alpha value is -2.32. The lowest BCUT2D eigenvalue weighted by atomic mass is 9.82. The zero-order valence-corrected chi connectivity index (χ0v) is 17.2. The number of hydrogen-bond donors (Lipinski definition) is 1. The second-order valence-electron chi connectivity index (χ2n) is 8.11. The van der Waals surface area contributed by atoms with Gasteiger partial charge >= 0.3 is 11.7 Å². The van der Waals surface area contributed by atoms with Crippen LogP contribution in [0.4, 0.5) is 0 Å². The third-order valence-corrected chi connectivity index (χ3v) is 6.27. The van der Waals surface area contributed by atoms with Crippen LogP contribution in [0.3, 0.4) is 0 Å². The molecule has 1 aromatic carbocycles. The molecule has 2 fully saturated rings. The van der Waals surface area contributed by atoms with Gasteiger partial charge in [0.05, 0.1) is 24.1 Å². The molecule has 2 aliphatic rings. The first kappa shape index (κ1) is 20.0. The maximum Gasteiger partial charge on any atom is 0.328 e. The van der Waals surface area contributed by atoms with Gasteiger partial charge in [0.2, 0.25) is 0 Å². The van der Waals surface area contributed by atoms with Gasteiger partial charge in [-0.25, -0.2) is 4.79 Å². The Kier molecular flexibility index (Phi) is 5.91. The number of fused-ring (bicyclic) bond motifs is 1. The zero-order chi connectivity index (χ0) is 20.4. The van der Waals surface area contributed by atoms with Gasteiger partial charge in [0.1, 0.15) is 5.75 Å². The fourth-order valence-electron chi connectivity index (χ4n) is 4.47. The Labute approximate surface area is 170 Å². The normalized spacial score (nSPS) is 23.2. The summed E-state index contributed by atoms with van der Waals surface area (Å²) in [5.41, 5.74) is 1.80. The van der Waals surface area contributed by atoms with E-state index < -0.39 is 0 Å². The fraction of sp³-hybridized carbons (Fsp3) is 0.619. The highest BCUT2D eigenvalue weighted by Crippen LogP contribution is 2.31. The molecular formula is C21H30N4O4. The highest BCUT2D eigenvalue weighted by atomic mass is 16.7. The number of methoxy groups -OCH3 is 1. The molecule has 2 aromatic rings. The topological polar surface area (TPSA) is 77.7 Å². The smallest absolute Gasteiger partial charge is 0.328 e. The molecule has 0 spiro atoms. The molecule has 1 aliphatic carbocycles. The molecule has 158 valence electrons. The summed E-state index contributed by atoms with van der Waals surface area (Å²) >= 11 is 0. The third kappa shape index (κ3) is 4.18. The molecule has 1 N–H and O–H groups in total. The molecule has 29 heavy (non-hydrogen) atoms. The molecule has 1 saturated heterocycles. The average Bonchev–Trinajstić information content (AvgIpc) is 2.99. The Morgan fingerprint density at radius 2 is 1.86 bits per heavy atom.